The number of rotatable bonds is 10. The molecule has 0 saturated heterocycles. The van der Waals surface area contributed by atoms with Crippen LogP contribution in [-0.2, 0) is 19.6 Å². The van der Waals surface area contributed by atoms with Crippen molar-refractivity contribution in [3.8, 4) is 11.5 Å². The van der Waals surface area contributed by atoms with Crippen molar-refractivity contribution in [2.45, 2.75) is 25.7 Å². The predicted octanol–water partition coefficient (Wildman–Crippen LogP) is 4.17. The first kappa shape index (κ1) is 25.6. The van der Waals surface area contributed by atoms with Crippen molar-refractivity contribution in [1.29, 1.82) is 0 Å². The summed E-state index contributed by atoms with van der Waals surface area (Å²) in [7, 11) is -3.82. The van der Waals surface area contributed by atoms with Crippen LogP contribution in [0.3, 0.4) is 0 Å². The van der Waals surface area contributed by atoms with Gasteiger partial charge in [-0.15, -0.1) is 0 Å². The normalized spacial score (nSPS) is 10.8. The average Bonchev–Trinajstić information content (AvgIpc) is 2.79. The van der Waals surface area contributed by atoms with Crippen LogP contribution in [-0.4, -0.2) is 33.4 Å². The van der Waals surface area contributed by atoms with Gasteiger partial charge >= 0.3 is 0 Å². The SMILES string of the molecule is CCOc1ccc(NS(=O)(=O)c2ccc(OCC(=O)Nc3cccc(NC(C)=O)c3)c(C)c2)cc1. The van der Waals surface area contributed by atoms with Crippen LogP contribution in [0.25, 0.3) is 0 Å². The van der Waals surface area contributed by atoms with Crippen molar-refractivity contribution in [3.63, 3.8) is 0 Å². The van der Waals surface area contributed by atoms with Crippen LogP contribution in [0.15, 0.2) is 71.6 Å². The molecule has 3 rings (SSSR count). The van der Waals surface area contributed by atoms with E-state index in [1.807, 2.05) is 6.92 Å². The lowest BCUT2D eigenvalue weighted by Crippen LogP contribution is -2.20. The number of sulfonamides is 1. The van der Waals surface area contributed by atoms with Gasteiger partial charge in [0.05, 0.1) is 11.5 Å². The number of carbonyl (C=O) groups excluding carboxylic acids is 2. The molecule has 35 heavy (non-hydrogen) atoms. The molecule has 9 nitrogen and oxygen atoms in total. The number of hydrogen-bond donors (Lipinski definition) is 3. The van der Waals surface area contributed by atoms with E-state index in [2.05, 4.69) is 15.4 Å². The Morgan fingerprint density at radius 1 is 0.857 bits per heavy atom. The molecule has 0 unspecified atom stereocenters. The Balaban J connectivity index is 1.60. The minimum atomic E-state index is -3.82. The molecule has 2 amide bonds. The Labute approximate surface area is 204 Å². The first-order valence-corrected chi connectivity index (χ1v) is 12.3. The molecule has 10 heteroatoms. The van der Waals surface area contributed by atoms with Gasteiger partial charge in [-0.05, 0) is 80.1 Å². The molecule has 3 aromatic rings. The van der Waals surface area contributed by atoms with E-state index in [9.17, 15) is 18.0 Å². The molecule has 3 aromatic carbocycles. The summed E-state index contributed by atoms with van der Waals surface area (Å²) in [4.78, 5) is 23.5. The third-order valence-corrected chi connectivity index (χ3v) is 6.08. The van der Waals surface area contributed by atoms with Crippen molar-refractivity contribution in [1.82, 2.24) is 0 Å². The zero-order chi connectivity index (χ0) is 25.4. The lowest BCUT2D eigenvalue weighted by molar-refractivity contribution is -0.118. The summed E-state index contributed by atoms with van der Waals surface area (Å²) in [5.74, 6) is 0.412. The third-order valence-electron chi connectivity index (χ3n) is 4.70. The van der Waals surface area contributed by atoms with Crippen LogP contribution in [0.2, 0.25) is 0 Å². The molecule has 0 aliphatic carbocycles. The van der Waals surface area contributed by atoms with Gasteiger partial charge in [-0.25, -0.2) is 8.42 Å². The van der Waals surface area contributed by atoms with Gasteiger partial charge in [-0.1, -0.05) is 6.07 Å². The molecule has 0 saturated carbocycles. The minimum Gasteiger partial charge on any atom is -0.494 e. The number of amides is 2. The molecule has 0 atom stereocenters. The lowest BCUT2D eigenvalue weighted by Gasteiger charge is -2.13. The van der Waals surface area contributed by atoms with E-state index in [1.54, 1.807) is 55.5 Å². The van der Waals surface area contributed by atoms with E-state index in [4.69, 9.17) is 9.47 Å². The van der Waals surface area contributed by atoms with Gasteiger partial charge in [0, 0.05) is 24.0 Å². The molecule has 0 radical (unpaired) electrons. The van der Waals surface area contributed by atoms with Gasteiger partial charge in [-0.2, -0.15) is 0 Å². The minimum absolute atomic E-state index is 0.0653. The molecular formula is C25H27N3O6S. The Morgan fingerprint density at radius 2 is 1.54 bits per heavy atom. The van der Waals surface area contributed by atoms with E-state index in [-0.39, 0.29) is 17.4 Å². The topological polar surface area (TPSA) is 123 Å². The van der Waals surface area contributed by atoms with Gasteiger partial charge < -0.3 is 20.1 Å². The number of nitrogens with one attached hydrogen (secondary N) is 3. The molecule has 0 aliphatic rings. The van der Waals surface area contributed by atoms with E-state index >= 15 is 0 Å². The number of aryl methyl sites for hydroxylation is 1. The maximum Gasteiger partial charge on any atom is 0.262 e. The van der Waals surface area contributed by atoms with Crippen molar-refractivity contribution >= 4 is 38.9 Å². The van der Waals surface area contributed by atoms with E-state index in [1.165, 1.54) is 25.1 Å². The highest BCUT2D eigenvalue weighted by molar-refractivity contribution is 7.92. The van der Waals surface area contributed by atoms with Gasteiger partial charge in [-0.3, -0.25) is 14.3 Å². The van der Waals surface area contributed by atoms with Crippen LogP contribution in [0.5, 0.6) is 11.5 Å². The second-order valence-corrected chi connectivity index (χ2v) is 9.27. The second-order valence-electron chi connectivity index (χ2n) is 7.59. The first-order valence-electron chi connectivity index (χ1n) is 10.8. The Hall–Kier alpha value is -4.05. The average molecular weight is 498 g/mol. The van der Waals surface area contributed by atoms with Gasteiger partial charge in [0.1, 0.15) is 11.5 Å². The van der Waals surface area contributed by atoms with Gasteiger partial charge in [0.15, 0.2) is 6.61 Å². The first-order chi connectivity index (χ1) is 16.7. The monoisotopic (exact) mass is 497 g/mol. The standard InChI is InChI=1S/C25H27N3O6S/c1-4-33-22-10-8-19(9-11-22)28-35(31,32)23-12-13-24(17(2)14-23)34-16-25(30)27-21-7-5-6-20(15-21)26-18(3)29/h5-15,28H,4,16H2,1-3H3,(H,26,29)(H,27,30). The van der Waals surface area contributed by atoms with Crippen molar-refractivity contribution < 1.29 is 27.5 Å². The Kier molecular flexibility index (Phi) is 8.32. The lowest BCUT2D eigenvalue weighted by atomic mass is 10.2. The van der Waals surface area contributed by atoms with Gasteiger partial charge in [0.25, 0.3) is 15.9 Å². The summed E-state index contributed by atoms with van der Waals surface area (Å²) in [6, 6.07) is 17.7. The maximum atomic E-state index is 12.8. The van der Waals surface area contributed by atoms with E-state index in [0.717, 1.165) is 0 Å². The molecule has 184 valence electrons. The number of hydrogen-bond acceptors (Lipinski definition) is 6. The molecule has 3 N–H and O–H groups in total. The smallest absolute Gasteiger partial charge is 0.262 e. The molecule has 0 bridgehead atoms. The fourth-order valence-corrected chi connectivity index (χ4v) is 4.31. The highest BCUT2D eigenvalue weighted by Crippen LogP contribution is 2.24. The predicted molar refractivity (Wildman–Crippen MR) is 134 cm³/mol. The number of benzene rings is 3. The van der Waals surface area contributed by atoms with Gasteiger partial charge in [0.2, 0.25) is 5.91 Å². The number of ether oxygens (including phenoxy) is 2. The number of carbonyl (C=O) groups is 2. The summed E-state index contributed by atoms with van der Waals surface area (Å²) in [5, 5.41) is 5.33. The zero-order valence-electron chi connectivity index (χ0n) is 19.6. The van der Waals surface area contributed by atoms with Crippen LogP contribution in [0.1, 0.15) is 19.4 Å². The summed E-state index contributed by atoms with van der Waals surface area (Å²) >= 11 is 0. The summed E-state index contributed by atoms with van der Waals surface area (Å²) in [5.41, 5.74) is 2.02. The molecule has 0 aromatic heterocycles. The molecule has 0 aliphatic heterocycles. The summed E-state index contributed by atoms with van der Waals surface area (Å²) in [6.45, 7) is 5.20. The van der Waals surface area contributed by atoms with Crippen LogP contribution in [0.4, 0.5) is 17.1 Å². The zero-order valence-corrected chi connectivity index (χ0v) is 20.4. The van der Waals surface area contributed by atoms with Crippen LogP contribution in [0, 0.1) is 6.92 Å². The maximum absolute atomic E-state index is 12.8. The Bertz CT molecular complexity index is 1310. The molecule has 0 spiro atoms. The molecule has 0 fully saturated rings. The number of anilines is 3. The largest absolute Gasteiger partial charge is 0.494 e. The van der Waals surface area contributed by atoms with Crippen molar-refractivity contribution in [3.05, 3.63) is 72.3 Å². The summed E-state index contributed by atoms with van der Waals surface area (Å²) in [6.07, 6.45) is 0. The van der Waals surface area contributed by atoms with Crippen molar-refractivity contribution in [2.24, 2.45) is 0 Å². The van der Waals surface area contributed by atoms with E-state index in [0.29, 0.717) is 40.7 Å². The van der Waals surface area contributed by atoms with E-state index < -0.39 is 15.9 Å². The van der Waals surface area contributed by atoms with Crippen molar-refractivity contribution in [2.75, 3.05) is 28.6 Å². The third kappa shape index (κ3) is 7.47. The van der Waals surface area contributed by atoms with Crippen LogP contribution < -0.4 is 24.8 Å². The Morgan fingerprint density at radius 3 is 2.17 bits per heavy atom. The fraction of sp³-hybridized carbons (Fsp3) is 0.200. The second kappa shape index (κ2) is 11.4. The molecule has 0 heterocycles. The highest BCUT2D eigenvalue weighted by Gasteiger charge is 2.16. The fourth-order valence-electron chi connectivity index (χ4n) is 3.17. The van der Waals surface area contributed by atoms with Crippen LogP contribution >= 0.6 is 0 Å². The summed E-state index contributed by atoms with van der Waals surface area (Å²) < 4.78 is 39.0. The molecular weight excluding hydrogens is 470 g/mol. The highest BCUT2D eigenvalue weighted by atomic mass is 32.2. The quantitative estimate of drug-likeness (QED) is 0.386.